The van der Waals surface area contributed by atoms with Gasteiger partial charge in [0.1, 0.15) is 0 Å². The zero-order chi connectivity index (χ0) is 6.41. The van der Waals surface area contributed by atoms with E-state index in [2.05, 4.69) is 0 Å². The molecule has 46 valence electrons. The molecular formula is C5H9NO2. The van der Waals surface area contributed by atoms with Gasteiger partial charge in [0.25, 0.3) is 0 Å². The van der Waals surface area contributed by atoms with E-state index in [0.29, 0.717) is 6.42 Å². The number of rotatable bonds is 3. The monoisotopic (exact) mass is 115 g/mol. The smallest absolute Gasteiger partial charge is 0.207 e. The zero-order valence-corrected chi connectivity index (χ0v) is 4.83. The molecule has 0 radical (unpaired) electrons. The van der Waals surface area contributed by atoms with Crippen molar-refractivity contribution in [3.8, 4) is 0 Å². The predicted octanol–water partition coefficient (Wildman–Crippen LogP) is 1.23. The maximum atomic E-state index is 9.65. The fraction of sp³-hybridized carbons (Fsp3) is 0.600. The molecule has 0 bridgehead atoms. The van der Waals surface area contributed by atoms with E-state index < -0.39 is 0 Å². The van der Waals surface area contributed by atoms with Crippen LogP contribution in [0.1, 0.15) is 13.3 Å². The maximum Gasteiger partial charge on any atom is 0.207 e. The topological polar surface area (TPSA) is 43.1 Å². The zero-order valence-electron chi connectivity index (χ0n) is 4.83. The summed E-state index contributed by atoms with van der Waals surface area (Å²) < 4.78 is 0. The first-order valence-electron chi connectivity index (χ1n) is 2.50. The van der Waals surface area contributed by atoms with E-state index in [0.717, 1.165) is 0 Å². The van der Waals surface area contributed by atoms with Crippen LogP contribution in [0.3, 0.4) is 0 Å². The number of allylic oxidation sites excluding steroid dienone is 1. The number of nitro groups is 1. The Balaban J connectivity index is 3.05. The minimum absolute atomic E-state index is 0.0460. The van der Waals surface area contributed by atoms with E-state index in [9.17, 15) is 10.1 Å². The normalized spacial score (nSPS) is 10.1. The SMILES string of the molecule is C/C=C/CC[N+](=O)[O-]. The lowest BCUT2D eigenvalue weighted by molar-refractivity contribution is -0.478. The van der Waals surface area contributed by atoms with Gasteiger partial charge in [-0.05, 0) is 6.92 Å². The average molecular weight is 115 g/mol. The molecule has 0 saturated heterocycles. The summed E-state index contributed by atoms with van der Waals surface area (Å²) in [6, 6.07) is 0. The summed E-state index contributed by atoms with van der Waals surface area (Å²) in [5, 5.41) is 9.65. The van der Waals surface area contributed by atoms with Gasteiger partial charge in [-0.2, -0.15) is 0 Å². The van der Waals surface area contributed by atoms with E-state index in [-0.39, 0.29) is 11.5 Å². The number of nitrogens with zero attached hydrogens (tertiary/aromatic N) is 1. The lowest BCUT2D eigenvalue weighted by Gasteiger charge is -1.83. The average Bonchev–Trinajstić information content (AvgIpc) is 1.66. The van der Waals surface area contributed by atoms with Crippen molar-refractivity contribution in [2.45, 2.75) is 13.3 Å². The van der Waals surface area contributed by atoms with Crippen LogP contribution in [0.5, 0.6) is 0 Å². The van der Waals surface area contributed by atoms with Crippen molar-refractivity contribution in [3.05, 3.63) is 22.3 Å². The van der Waals surface area contributed by atoms with E-state index >= 15 is 0 Å². The Morgan fingerprint density at radius 2 is 2.38 bits per heavy atom. The van der Waals surface area contributed by atoms with Crippen LogP contribution in [0.25, 0.3) is 0 Å². The van der Waals surface area contributed by atoms with Crippen molar-refractivity contribution in [1.29, 1.82) is 0 Å². The molecule has 0 aromatic heterocycles. The quantitative estimate of drug-likeness (QED) is 0.315. The Bertz CT molecular complexity index is 98.6. The first-order valence-corrected chi connectivity index (χ1v) is 2.50. The van der Waals surface area contributed by atoms with E-state index in [1.165, 1.54) is 0 Å². The molecule has 0 amide bonds. The molecule has 0 atom stereocenters. The molecule has 0 aromatic rings. The molecule has 0 N–H and O–H groups in total. The van der Waals surface area contributed by atoms with Crippen LogP contribution in [-0.4, -0.2) is 11.5 Å². The van der Waals surface area contributed by atoms with Gasteiger partial charge in [0.15, 0.2) is 0 Å². The van der Waals surface area contributed by atoms with Crippen LogP contribution in [0.2, 0.25) is 0 Å². The van der Waals surface area contributed by atoms with Crippen LogP contribution in [0.15, 0.2) is 12.2 Å². The van der Waals surface area contributed by atoms with Gasteiger partial charge in [-0.1, -0.05) is 12.2 Å². The van der Waals surface area contributed by atoms with Gasteiger partial charge in [0.2, 0.25) is 6.54 Å². The fourth-order valence-corrected chi connectivity index (χ4v) is 0.347. The first kappa shape index (κ1) is 7.14. The van der Waals surface area contributed by atoms with Crippen molar-refractivity contribution in [2.24, 2.45) is 0 Å². The summed E-state index contributed by atoms with van der Waals surface area (Å²) >= 11 is 0. The summed E-state index contributed by atoms with van der Waals surface area (Å²) in [7, 11) is 0. The third kappa shape index (κ3) is 5.14. The van der Waals surface area contributed by atoms with Crippen LogP contribution in [0, 0.1) is 10.1 Å². The largest absolute Gasteiger partial charge is 0.265 e. The highest BCUT2D eigenvalue weighted by Gasteiger charge is 1.88. The Morgan fingerprint density at radius 1 is 1.75 bits per heavy atom. The van der Waals surface area contributed by atoms with Crippen LogP contribution in [-0.2, 0) is 0 Å². The van der Waals surface area contributed by atoms with Crippen molar-refractivity contribution in [1.82, 2.24) is 0 Å². The van der Waals surface area contributed by atoms with Crippen molar-refractivity contribution in [2.75, 3.05) is 6.54 Å². The minimum Gasteiger partial charge on any atom is -0.265 e. The molecule has 0 rings (SSSR count). The van der Waals surface area contributed by atoms with Gasteiger partial charge in [0, 0.05) is 11.3 Å². The van der Waals surface area contributed by atoms with E-state index in [4.69, 9.17) is 0 Å². The lowest BCUT2D eigenvalue weighted by Crippen LogP contribution is -1.97. The summed E-state index contributed by atoms with van der Waals surface area (Å²) in [4.78, 5) is 9.33. The Labute approximate surface area is 48.2 Å². The number of hydrogen-bond acceptors (Lipinski definition) is 2. The fourth-order valence-electron chi connectivity index (χ4n) is 0.347. The van der Waals surface area contributed by atoms with Gasteiger partial charge in [-0.3, -0.25) is 10.1 Å². The molecule has 0 aliphatic carbocycles. The second-order valence-corrected chi connectivity index (χ2v) is 1.41. The highest BCUT2D eigenvalue weighted by molar-refractivity contribution is 4.75. The third-order valence-corrected chi connectivity index (χ3v) is 0.714. The first-order chi connectivity index (χ1) is 3.77. The highest BCUT2D eigenvalue weighted by atomic mass is 16.6. The summed E-state index contributed by atoms with van der Waals surface area (Å²) in [5.41, 5.74) is 0. The molecule has 3 heteroatoms. The van der Waals surface area contributed by atoms with Crippen LogP contribution >= 0.6 is 0 Å². The standard InChI is InChI=1S/C5H9NO2/c1-2-3-4-5-6(7)8/h2-3H,4-5H2,1H3/b3-2+. The molecule has 0 aromatic carbocycles. The molecule has 0 heterocycles. The second kappa shape index (κ2) is 4.30. The Kier molecular flexibility index (Phi) is 3.84. The van der Waals surface area contributed by atoms with Crippen molar-refractivity contribution < 1.29 is 4.92 Å². The minimum atomic E-state index is -0.319. The molecular weight excluding hydrogens is 106 g/mol. The van der Waals surface area contributed by atoms with Gasteiger partial charge in [0.05, 0.1) is 0 Å². The third-order valence-electron chi connectivity index (χ3n) is 0.714. The molecule has 0 spiro atoms. The lowest BCUT2D eigenvalue weighted by atomic mass is 10.4. The summed E-state index contributed by atoms with van der Waals surface area (Å²) in [6.07, 6.45) is 4.13. The van der Waals surface area contributed by atoms with Crippen molar-refractivity contribution >= 4 is 0 Å². The Hall–Kier alpha value is -0.860. The van der Waals surface area contributed by atoms with E-state index in [1.807, 2.05) is 13.0 Å². The maximum absolute atomic E-state index is 9.65. The van der Waals surface area contributed by atoms with Crippen molar-refractivity contribution in [3.63, 3.8) is 0 Å². The molecule has 0 aliphatic rings. The van der Waals surface area contributed by atoms with Gasteiger partial charge < -0.3 is 0 Å². The molecule has 0 unspecified atom stereocenters. The molecule has 0 saturated carbocycles. The molecule has 0 aliphatic heterocycles. The van der Waals surface area contributed by atoms with Gasteiger partial charge in [-0.25, -0.2) is 0 Å². The highest BCUT2D eigenvalue weighted by Crippen LogP contribution is 1.81. The number of hydrogen-bond donors (Lipinski definition) is 0. The summed E-state index contributed by atoms with van der Waals surface area (Å²) in [6.45, 7) is 1.89. The molecule has 0 fully saturated rings. The molecule has 3 nitrogen and oxygen atoms in total. The second-order valence-electron chi connectivity index (χ2n) is 1.41. The van der Waals surface area contributed by atoms with E-state index in [1.54, 1.807) is 6.08 Å². The van der Waals surface area contributed by atoms with Crippen LogP contribution < -0.4 is 0 Å². The molecule has 8 heavy (non-hydrogen) atoms. The predicted molar refractivity (Wildman–Crippen MR) is 31.3 cm³/mol. The van der Waals surface area contributed by atoms with Gasteiger partial charge in [-0.15, -0.1) is 0 Å². The Morgan fingerprint density at radius 3 is 2.75 bits per heavy atom. The summed E-state index contributed by atoms with van der Waals surface area (Å²) in [5.74, 6) is 0. The van der Waals surface area contributed by atoms with Crippen LogP contribution in [0.4, 0.5) is 0 Å². The van der Waals surface area contributed by atoms with Gasteiger partial charge >= 0.3 is 0 Å².